The summed E-state index contributed by atoms with van der Waals surface area (Å²) in [5.41, 5.74) is -0.716. The molecule has 0 aromatic carbocycles. The predicted molar refractivity (Wildman–Crippen MR) is 77.8 cm³/mol. The summed E-state index contributed by atoms with van der Waals surface area (Å²) < 4.78 is 43.4. The molecular weight excluding hydrogens is 298 g/mol. The number of hydrogen-bond acceptors (Lipinski definition) is 4. The molecule has 0 bridgehead atoms. The van der Waals surface area contributed by atoms with Gasteiger partial charge in [0.15, 0.2) is 12.4 Å². The lowest BCUT2D eigenvalue weighted by Gasteiger charge is -2.35. The summed E-state index contributed by atoms with van der Waals surface area (Å²) in [5, 5.41) is -0.320. The summed E-state index contributed by atoms with van der Waals surface area (Å²) in [5.74, 6) is -2.25. The molecule has 1 saturated heterocycles. The molecule has 1 rings (SSSR count). The Hall–Kier alpha value is -0.953. The van der Waals surface area contributed by atoms with Gasteiger partial charge in [0.1, 0.15) is 20.1 Å². The maximum atomic E-state index is 14.4. The molecule has 0 aliphatic carbocycles. The van der Waals surface area contributed by atoms with Crippen LogP contribution in [0.5, 0.6) is 0 Å². The van der Waals surface area contributed by atoms with E-state index < -0.39 is 37.9 Å². The monoisotopic (exact) mass is 322 g/mol. The van der Waals surface area contributed by atoms with Crippen molar-refractivity contribution in [3.8, 4) is 0 Å². The molecule has 7 heteroatoms. The number of halogens is 2. The Morgan fingerprint density at radius 1 is 1.38 bits per heavy atom. The molecule has 0 radical (unpaired) electrons. The van der Waals surface area contributed by atoms with Crippen molar-refractivity contribution < 1.29 is 27.8 Å². The first kappa shape index (κ1) is 18.1. The maximum Gasteiger partial charge on any atom is 0.511 e. The first-order valence-electron chi connectivity index (χ1n) is 6.99. The van der Waals surface area contributed by atoms with Gasteiger partial charge in [-0.2, -0.15) is 0 Å². The standard InChI is InChI=1S/C14H24F2O4Si/c1-7-14(9-18-12(17)20-14)19-8-10(15)11(16)21(5,6)13(2,3)4/h7-9H2,1-6H3/b11-10-. The molecule has 0 amide bonds. The highest BCUT2D eigenvalue weighted by Crippen LogP contribution is 2.42. The van der Waals surface area contributed by atoms with Crippen molar-refractivity contribution in [2.75, 3.05) is 13.2 Å². The summed E-state index contributed by atoms with van der Waals surface area (Å²) in [4.78, 5) is 11.0. The number of carbonyl (C=O) groups is 1. The third-order valence-electron chi connectivity index (χ3n) is 4.34. The minimum atomic E-state index is -2.58. The number of ether oxygens (including phenoxy) is 3. The van der Waals surface area contributed by atoms with Gasteiger partial charge in [-0.1, -0.05) is 40.8 Å². The molecule has 1 heterocycles. The summed E-state index contributed by atoms with van der Waals surface area (Å²) in [6.07, 6.45) is -0.556. The van der Waals surface area contributed by atoms with E-state index in [2.05, 4.69) is 4.74 Å². The lowest BCUT2D eigenvalue weighted by atomic mass is 10.2. The van der Waals surface area contributed by atoms with E-state index in [1.807, 2.05) is 20.8 Å². The SMILES string of the molecule is CCC1(OC/C(F)=C(\F)[Si](C)(C)C(C)(C)C)COC(=O)O1. The van der Waals surface area contributed by atoms with Crippen molar-refractivity contribution in [3.05, 3.63) is 11.3 Å². The van der Waals surface area contributed by atoms with E-state index in [9.17, 15) is 13.6 Å². The van der Waals surface area contributed by atoms with Crippen LogP contribution in [-0.2, 0) is 14.2 Å². The van der Waals surface area contributed by atoms with Crippen LogP contribution in [-0.4, -0.2) is 33.2 Å². The van der Waals surface area contributed by atoms with Crippen LogP contribution < -0.4 is 0 Å². The van der Waals surface area contributed by atoms with Gasteiger partial charge in [-0.15, -0.1) is 0 Å². The number of cyclic esters (lactones) is 2. The number of hydrogen-bond donors (Lipinski definition) is 0. The molecule has 1 aliphatic heterocycles. The van der Waals surface area contributed by atoms with Crippen LogP contribution in [0, 0.1) is 0 Å². The lowest BCUT2D eigenvalue weighted by Crippen LogP contribution is -2.40. The predicted octanol–water partition coefficient (Wildman–Crippen LogP) is 4.47. The second-order valence-corrected chi connectivity index (χ2v) is 12.0. The zero-order valence-corrected chi connectivity index (χ0v) is 14.5. The largest absolute Gasteiger partial charge is 0.511 e. The highest BCUT2D eigenvalue weighted by atomic mass is 28.3. The first-order valence-corrected chi connectivity index (χ1v) is 9.99. The molecule has 0 saturated carbocycles. The molecule has 4 nitrogen and oxygen atoms in total. The lowest BCUT2D eigenvalue weighted by molar-refractivity contribution is -0.177. The number of rotatable bonds is 5. The van der Waals surface area contributed by atoms with Crippen molar-refractivity contribution in [2.24, 2.45) is 0 Å². The van der Waals surface area contributed by atoms with E-state index in [0.717, 1.165) is 0 Å². The summed E-state index contributed by atoms with van der Waals surface area (Å²) in [6, 6.07) is 0. The summed E-state index contributed by atoms with van der Waals surface area (Å²) in [7, 11) is -2.58. The molecule has 1 atom stereocenters. The van der Waals surface area contributed by atoms with Crippen molar-refractivity contribution in [1.29, 1.82) is 0 Å². The van der Waals surface area contributed by atoms with Crippen LogP contribution in [0.2, 0.25) is 18.1 Å². The van der Waals surface area contributed by atoms with Crippen LogP contribution in [0.3, 0.4) is 0 Å². The molecule has 1 fully saturated rings. The van der Waals surface area contributed by atoms with Crippen LogP contribution in [0.1, 0.15) is 34.1 Å². The second-order valence-electron chi connectivity index (χ2n) is 6.79. The maximum absolute atomic E-state index is 14.4. The molecule has 0 aromatic heterocycles. The Morgan fingerprint density at radius 2 is 1.95 bits per heavy atom. The van der Waals surface area contributed by atoms with E-state index in [1.165, 1.54) is 0 Å². The molecule has 122 valence electrons. The van der Waals surface area contributed by atoms with Crippen LogP contribution in [0.4, 0.5) is 13.6 Å². The zero-order chi connectivity index (χ0) is 16.5. The van der Waals surface area contributed by atoms with Crippen LogP contribution >= 0.6 is 0 Å². The Bertz CT molecular complexity index is 443. The topological polar surface area (TPSA) is 44.8 Å². The zero-order valence-electron chi connectivity index (χ0n) is 13.5. The van der Waals surface area contributed by atoms with Gasteiger partial charge in [0.05, 0.1) is 0 Å². The van der Waals surface area contributed by atoms with Crippen LogP contribution in [0.15, 0.2) is 11.3 Å². The molecule has 0 aromatic rings. The highest BCUT2D eigenvalue weighted by Gasteiger charge is 2.44. The second kappa shape index (κ2) is 6.04. The summed E-state index contributed by atoms with van der Waals surface area (Å²) >= 11 is 0. The Kier molecular flexibility index (Phi) is 5.21. The Labute approximate surface area is 125 Å². The molecular formula is C14H24F2O4Si. The fraction of sp³-hybridized carbons (Fsp3) is 0.786. The van der Waals surface area contributed by atoms with Gasteiger partial charge < -0.3 is 14.2 Å². The van der Waals surface area contributed by atoms with Gasteiger partial charge in [-0.25, -0.2) is 13.6 Å². The average Bonchev–Trinajstić information content (AvgIpc) is 2.76. The van der Waals surface area contributed by atoms with Gasteiger partial charge in [0, 0.05) is 6.42 Å². The van der Waals surface area contributed by atoms with E-state index in [-0.39, 0.29) is 11.6 Å². The number of carbonyl (C=O) groups excluding carboxylic acids is 1. The third kappa shape index (κ3) is 3.82. The fourth-order valence-electron chi connectivity index (χ4n) is 1.65. The van der Waals surface area contributed by atoms with Gasteiger partial charge >= 0.3 is 6.16 Å². The van der Waals surface area contributed by atoms with E-state index in [4.69, 9.17) is 9.47 Å². The normalized spacial score (nSPS) is 24.5. The first-order chi connectivity index (χ1) is 9.45. The van der Waals surface area contributed by atoms with Gasteiger partial charge in [0.2, 0.25) is 0 Å². The van der Waals surface area contributed by atoms with Gasteiger partial charge in [-0.05, 0) is 5.04 Å². The third-order valence-corrected chi connectivity index (χ3v) is 9.46. The summed E-state index contributed by atoms with van der Waals surface area (Å²) in [6.45, 7) is 10.3. The quantitative estimate of drug-likeness (QED) is 0.553. The Balaban J connectivity index is 2.83. The highest BCUT2D eigenvalue weighted by molar-refractivity contribution is 6.86. The molecule has 0 N–H and O–H groups in total. The minimum absolute atomic E-state index is 0.114. The van der Waals surface area contributed by atoms with E-state index in [0.29, 0.717) is 6.42 Å². The minimum Gasteiger partial charge on any atom is -0.427 e. The van der Waals surface area contributed by atoms with Gasteiger partial charge in [-0.3, -0.25) is 0 Å². The van der Waals surface area contributed by atoms with Crippen molar-refractivity contribution in [3.63, 3.8) is 0 Å². The van der Waals surface area contributed by atoms with Crippen LogP contribution in [0.25, 0.3) is 0 Å². The molecule has 21 heavy (non-hydrogen) atoms. The van der Waals surface area contributed by atoms with Crippen molar-refractivity contribution in [2.45, 2.75) is 58.0 Å². The molecule has 1 unspecified atom stereocenters. The fourth-order valence-corrected chi connectivity index (χ4v) is 3.06. The van der Waals surface area contributed by atoms with E-state index >= 15 is 0 Å². The smallest absolute Gasteiger partial charge is 0.427 e. The van der Waals surface area contributed by atoms with Crippen molar-refractivity contribution >= 4 is 14.2 Å². The molecule has 1 aliphatic rings. The molecule has 0 spiro atoms. The van der Waals surface area contributed by atoms with Gasteiger partial charge in [0.25, 0.3) is 5.79 Å². The average molecular weight is 322 g/mol. The van der Waals surface area contributed by atoms with E-state index in [1.54, 1.807) is 20.0 Å². The van der Waals surface area contributed by atoms with Crippen molar-refractivity contribution in [1.82, 2.24) is 0 Å². The Morgan fingerprint density at radius 3 is 2.33 bits per heavy atom.